The van der Waals surface area contributed by atoms with Gasteiger partial charge < -0.3 is 14.8 Å². The average Bonchev–Trinajstić information content (AvgIpc) is 2.18. The van der Waals surface area contributed by atoms with E-state index in [-0.39, 0.29) is 12.1 Å². The van der Waals surface area contributed by atoms with Crippen LogP contribution in [0.2, 0.25) is 0 Å². The summed E-state index contributed by atoms with van der Waals surface area (Å²) in [5, 5.41) is 6.44. The Kier molecular flexibility index (Phi) is 4.60. The predicted molar refractivity (Wildman–Crippen MR) is 59.7 cm³/mol. The second-order valence-electron chi connectivity index (χ2n) is 4.90. The van der Waals surface area contributed by atoms with Gasteiger partial charge in [-0.25, -0.2) is 4.79 Å². The van der Waals surface area contributed by atoms with Gasteiger partial charge in [0.15, 0.2) is 6.04 Å². The Hall–Kier alpha value is -1.46. The van der Waals surface area contributed by atoms with Gasteiger partial charge in [0.05, 0.1) is 12.6 Å². The standard InChI is InChI=1S/C10H18N4O3/c1-10(2,3)17-9(15)12-8-6-16-5-4-7(8)13-14-11/h7-8,11H,4-6H2,1-3H3/p+1/t7-,8+/m1/s1. The second kappa shape index (κ2) is 5.75. The van der Waals surface area contributed by atoms with Crippen molar-refractivity contribution in [1.29, 1.82) is 5.53 Å². The Morgan fingerprint density at radius 3 is 2.88 bits per heavy atom. The summed E-state index contributed by atoms with van der Waals surface area (Å²) in [6.07, 6.45) is 0.140. The van der Waals surface area contributed by atoms with Crippen molar-refractivity contribution >= 4 is 6.09 Å². The van der Waals surface area contributed by atoms with E-state index in [2.05, 4.69) is 15.3 Å². The minimum atomic E-state index is -0.536. The number of alkyl carbamates (subject to hydrolysis) is 1. The Morgan fingerprint density at radius 2 is 2.29 bits per heavy atom. The Bertz CT molecular complexity index is 320. The van der Waals surface area contributed by atoms with Gasteiger partial charge in [0.2, 0.25) is 4.91 Å². The number of nitrogens with one attached hydrogen (secondary N) is 2. The number of rotatable bonds is 2. The van der Waals surface area contributed by atoms with Crippen LogP contribution in [0.3, 0.4) is 0 Å². The molecule has 1 heterocycles. The van der Waals surface area contributed by atoms with Crippen LogP contribution in [-0.4, -0.2) is 37.0 Å². The van der Waals surface area contributed by atoms with E-state index < -0.39 is 11.7 Å². The van der Waals surface area contributed by atoms with Gasteiger partial charge in [-0.1, -0.05) is 0 Å². The van der Waals surface area contributed by atoms with Gasteiger partial charge in [-0.3, -0.25) is 0 Å². The summed E-state index contributed by atoms with van der Waals surface area (Å²) >= 11 is 0. The summed E-state index contributed by atoms with van der Waals surface area (Å²) in [5.74, 6) is 0. The first kappa shape index (κ1) is 13.6. The number of hydrogen-bond acceptors (Lipinski definition) is 5. The molecule has 0 radical (unpaired) electrons. The molecule has 1 aliphatic rings. The van der Waals surface area contributed by atoms with Crippen LogP contribution in [0.25, 0.3) is 0 Å². The van der Waals surface area contributed by atoms with E-state index in [0.29, 0.717) is 19.6 Å². The molecule has 0 aromatic heterocycles. The maximum atomic E-state index is 11.6. The minimum Gasteiger partial charge on any atom is -0.444 e. The van der Waals surface area contributed by atoms with Gasteiger partial charge in [0, 0.05) is 13.0 Å². The first-order valence-electron chi connectivity index (χ1n) is 5.56. The van der Waals surface area contributed by atoms with Crippen LogP contribution < -0.4 is 10.2 Å². The van der Waals surface area contributed by atoms with Crippen molar-refractivity contribution in [3.63, 3.8) is 0 Å². The van der Waals surface area contributed by atoms with E-state index in [1.807, 2.05) is 0 Å². The Balaban J connectivity index is 2.53. The van der Waals surface area contributed by atoms with Gasteiger partial charge in [-0.2, -0.15) is 0 Å². The lowest BCUT2D eigenvalue weighted by Gasteiger charge is -2.27. The van der Waals surface area contributed by atoms with Crippen LogP contribution in [-0.2, 0) is 9.47 Å². The van der Waals surface area contributed by atoms with Crippen molar-refractivity contribution in [2.75, 3.05) is 13.2 Å². The second-order valence-corrected chi connectivity index (χ2v) is 4.90. The third-order valence-electron chi connectivity index (χ3n) is 2.23. The van der Waals surface area contributed by atoms with Crippen LogP contribution in [0.1, 0.15) is 27.2 Å². The van der Waals surface area contributed by atoms with Crippen LogP contribution >= 0.6 is 0 Å². The van der Waals surface area contributed by atoms with E-state index in [1.54, 1.807) is 20.8 Å². The quantitative estimate of drug-likeness (QED) is 0.563. The summed E-state index contributed by atoms with van der Waals surface area (Å²) in [4.78, 5) is 14.6. The van der Waals surface area contributed by atoms with Gasteiger partial charge in [-0.15, -0.1) is 0 Å². The van der Waals surface area contributed by atoms with Gasteiger partial charge in [-0.05, 0) is 20.8 Å². The molecule has 0 bridgehead atoms. The summed E-state index contributed by atoms with van der Waals surface area (Å²) in [6, 6.07) is -0.499. The van der Waals surface area contributed by atoms with Crippen molar-refractivity contribution in [3.05, 3.63) is 0 Å². The maximum absolute atomic E-state index is 11.6. The molecule has 1 fully saturated rings. The largest absolute Gasteiger partial charge is 0.444 e. The lowest BCUT2D eigenvalue weighted by molar-refractivity contribution is 0.0292. The molecule has 0 aliphatic carbocycles. The zero-order valence-electron chi connectivity index (χ0n) is 10.4. The molecular formula is C10H19N4O3+. The summed E-state index contributed by atoms with van der Waals surface area (Å²) < 4.78 is 10.4. The SMILES string of the molecule is CC(C)(C)OC(=O)N[C@H]1COCC[C@H]1N=[N+]=N. The molecule has 1 rings (SSSR count). The fourth-order valence-corrected chi connectivity index (χ4v) is 1.54. The van der Waals surface area contributed by atoms with Crippen LogP contribution in [0.15, 0.2) is 5.11 Å². The number of ether oxygens (including phenoxy) is 2. The van der Waals surface area contributed by atoms with E-state index >= 15 is 0 Å². The molecule has 2 N–H and O–H groups in total. The highest BCUT2D eigenvalue weighted by molar-refractivity contribution is 5.68. The van der Waals surface area contributed by atoms with Crippen molar-refractivity contribution in [2.24, 2.45) is 5.11 Å². The molecule has 96 valence electrons. The smallest absolute Gasteiger partial charge is 0.408 e. The highest BCUT2D eigenvalue weighted by Crippen LogP contribution is 2.12. The first-order chi connectivity index (χ1) is 7.92. The first-order valence-corrected chi connectivity index (χ1v) is 5.56. The fourth-order valence-electron chi connectivity index (χ4n) is 1.54. The van der Waals surface area contributed by atoms with Crippen molar-refractivity contribution < 1.29 is 14.3 Å². The van der Waals surface area contributed by atoms with Gasteiger partial charge in [0.25, 0.3) is 0 Å². The van der Waals surface area contributed by atoms with E-state index in [9.17, 15) is 4.79 Å². The molecule has 0 aromatic rings. The third kappa shape index (κ3) is 4.93. The molecule has 1 aliphatic heterocycles. The molecule has 7 nitrogen and oxygen atoms in total. The molecule has 0 spiro atoms. The number of nitrogens with zero attached hydrogens (tertiary/aromatic N) is 2. The van der Waals surface area contributed by atoms with Crippen molar-refractivity contribution in [3.8, 4) is 0 Å². The molecule has 0 unspecified atom stereocenters. The van der Waals surface area contributed by atoms with E-state index in [4.69, 9.17) is 15.0 Å². The molecule has 1 saturated heterocycles. The average molecular weight is 243 g/mol. The zero-order valence-corrected chi connectivity index (χ0v) is 10.4. The Labute approximate surface area is 100 Å². The lowest BCUT2D eigenvalue weighted by atomic mass is 10.1. The third-order valence-corrected chi connectivity index (χ3v) is 2.23. The summed E-state index contributed by atoms with van der Waals surface area (Å²) in [7, 11) is 0. The van der Waals surface area contributed by atoms with Crippen LogP contribution in [0.4, 0.5) is 4.79 Å². The maximum Gasteiger partial charge on any atom is 0.408 e. The van der Waals surface area contributed by atoms with Gasteiger partial charge in [0.1, 0.15) is 16.2 Å². The number of carbonyl (C=O) groups is 1. The number of carbonyl (C=O) groups excluding carboxylic acids is 1. The normalized spacial score (nSPS) is 24.6. The minimum absolute atomic E-state index is 0.214. The highest BCUT2D eigenvalue weighted by atomic mass is 16.6. The molecule has 2 atom stereocenters. The van der Waals surface area contributed by atoms with Crippen molar-refractivity contribution in [2.45, 2.75) is 44.9 Å². The number of hydrogen-bond donors (Lipinski definition) is 2. The molecule has 0 saturated carbocycles. The topological polar surface area (TPSA) is 97.9 Å². The van der Waals surface area contributed by atoms with Crippen LogP contribution in [0, 0.1) is 5.53 Å². The van der Waals surface area contributed by atoms with Gasteiger partial charge >= 0.3 is 6.09 Å². The van der Waals surface area contributed by atoms with Crippen molar-refractivity contribution in [1.82, 2.24) is 10.2 Å². The zero-order chi connectivity index (χ0) is 12.9. The monoisotopic (exact) mass is 243 g/mol. The lowest BCUT2D eigenvalue weighted by Crippen LogP contribution is -2.50. The summed E-state index contributed by atoms with van der Waals surface area (Å²) in [6.45, 7) is 6.32. The fraction of sp³-hybridized carbons (Fsp3) is 0.900. The molecule has 1 amide bonds. The predicted octanol–water partition coefficient (Wildman–Crippen LogP) is 1.22. The molecule has 7 heteroatoms. The number of amides is 1. The highest BCUT2D eigenvalue weighted by Gasteiger charge is 2.32. The summed E-state index contributed by atoms with van der Waals surface area (Å²) in [5.41, 5.74) is 6.19. The molecule has 17 heavy (non-hydrogen) atoms. The van der Waals surface area contributed by atoms with E-state index in [0.717, 1.165) is 0 Å². The molecular weight excluding hydrogens is 224 g/mol. The Morgan fingerprint density at radius 1 is 1.59 bits per heavy atom. The van der Waals surface area contributed by atoms with Crippen LogP contribution in [0.5, 0.6) is 0 Å². The molecule has 0 aromatic carbocycles. The van der Waals surface area contributed by atoms with E-state index in [1.165, 1.54) is 0 Å².